The third-order valence-electron chi connectivity index (χ3n) is 3.40. The molecular formula is C14H27N3O3. The second kappa shape index (κ2) is 6.43. The molecule has 1 aliphatic heterocycles. The summed E-state index contributed by atoms with van der Waals surface area (Å²) in [4.78, 5) is 27.2. The van der Waals surface area contributed by atoms with E-state index in [4.69, 9.17) is 10.5 Å². The summed E-state index contributed by atoms with van der Waals surface area (Å²) in [5.74, 6) is -0.0549. The van der Waals surface area contributed by atoms with Crippen molar-refractivity contribution in [2.45, 2.75) is 58.2 Å². The third-order valence-corrected chi connectivity index (χ3v) is 3.40. The maximum Gasteiger partial charge on any atom is 0.410 e. The zero-order chi connectivity index (χ0) is 15.5. The first-order valence-corrected chi connectivity index (χ1v) is 7.12. The van der Waals surface area contributed by atoms with E-state index in [1.165, 1.54) is 0 Å². The summed E-state index contributed by atoms with van der Waals surface area (Å²) in [5, 5.41) is 0. The van der Waals surface area contributed by atoms with Crippen molar-refractivity contribution in [2.75, 3.05) is 20.1 Å². The molecule has 0 radical (unpaired) electrons. The predicted molar refractivity (Wildman–Crippen MR) is 77.2 cm³/mol. The summed E-state index contributed by atoms with van der Waals surface area (Å²) in [6, 6.07) is -0.337. The molecule has 1 atom stereocenters. The number of rotatable bonds is 2. The van der Waals surface area contributed by atoms with Gasteiger partial charge in [-0.2, -0.15) is 0 Å². The number of hydrogen-bond donors (Lipinski definition) is 1. The summed E-state index contributed by atoms with van der Waals surface area (Å²) in [6.07, 6.45) is 1.24. The Morgan fingerprint density at radius 2 is 1.80 bits per heavy atom. The van der Waals surface area contributed by atoms with Crippen LogP contribution in [0.25, 0.3) is 0 Å². The number of carbonyl (C=O) groups is 2. The molecular weight excluding hydrogens is 258 g/mol. The van der Waals surface area contributed by atoms with Crippen molar-refractivity contribution in [1.82, 2.24) is 9.80 Å². The lowest BCUT2D eigenvalue weighted by Crippen LogP contribution is -2.51. The van der Waals surface area contributed by atoms with Gasteiger partial charge in [0, 0.05) is 26.2 Å². The molecule has 0 unspecified atom stereocenters. The fraction of sp³-hybridized carbons (Fsp3) is 0.857. The van der Waals surface area contributed by atoms with E-state index in [1.807, 2.05) is 20.8 Å². The summed E-state index contributed by atoms with van der Waals surface area (Å²) >= 11 is 0. The molecule has 2 amide bonds. The number of likely N-dealkylation sites (tertiary alicyclic amines) is 1. The maximum absolute atomic E-state index is 11.9. The minimum absolute atomic E-state index is 0.0549. The molecule has 0 aromatic carbocycles. The van der Waals surface area contributed by atoms with E-state index in [1.54, 1.807) is 23.8 Å². The Kier molecular flexibility index (Phi) is 5.39. The van der Waals surface area contributed by atoms with E-state index in [0.717, 1.165) is 12.8 Å². The molecule has 6 heteroatoms. The Morgan fingerprint density at radius 1 is 1.30 bits per heavy atom. The van der Waals surface area contributed by atoms with Crippen LogP contribution in [0, 0.1) is 0 Å². The van der Waals surface area contributed by atoms with Gasteiger partial charge in [-0.25, -0.2) is 4.79 Å². The van der Waals surface area contributed by atoms with Crippen molar-refractivity contribution in [1.29, 1.82) is 0 Å². The van der Waals surface area contributed by atoms with E-state index < -0.39 is 11.6 Å². The van der Waals surface area contributed by atoms with Crippen LogP contribution in [0.2, 0.25) is 0 Å². The van der Waals surface area contributed by atoms with Crippen molar-refractivity contribution in [3.05, 3.63) is 0 Å². The number of nitrogens with two attached hydrogens (primary N) is 1. The van der Waals surface area contributed by atoms with Gasteiger partial charge in [-0.15, -0.1) is 0 Å². The molecule has 0 aromatic rings. The van der Waals surface area contributed by atoms with Crippen LogP contribution >= 0.6 is 0 Å². The number of hydrogen-bond acceptors (Lipinski definition) is 4. The van der Waals surface area contributed by atoms with Gasteiger partial charge in [-0.05, 0) is 40.5 Å². The highest BCUT2D eigenvalue weighted by Crippen LogP contribution is 2.18. The highest BCUT2D eigenvalue weighted by Gasteiger charge is 2.30. The second-order valence-electron chi connectivity index (χ2n) is 6.44. The molecule has 0 aliphatic carbocycles. The lowest BCUT2D eigenvalue weighted by Gasteiger charge is -2.37. The zero-order valence-corrected chi connectivity index (χ0v) is 13.2. The van der Waals surface area contributed by atoms with E-state index in [0.29, 0.717) is 13.1 Å². The summed E-state index contributed by atoms with van der Waals surface area (Å²) in [5.41, 5.74) is 5.14. The van der Waals surface area contributed by atoms with Gasteiger partial charge in [0.15, 0.2) is 0 Å². The van der Waals surface area contributed by atoms with Gasteiger partial charge in [-0.1, -0.05) is 0 Å². The first-order chi connectivity index (χ1) is 9.11. The summed E-state index contributed by atoms with van der Waals surface area (Å²) in [6.45, 7) is 8.47. The molecule has 1 fully saturated rings. The average molecular weight is 285 g/mol. The van der Waals surface area contributed by atoms with Crippen molar-refractivity contribution in [3.63, 3.8) is 0 Å². The van der Waals surface area contributed by atoms with E-state index >= 15 is 0 Å². The molecule has 2 N–H and O–H groups in total. The van der Waals surface area contributed by atoms with Crippen LogP contribution in [0.5, 0.6) is 0 Å². The van der Waals surface area contributed by atoms with Crippen LogP contribution in [-0.2, 0) is 9.53 Å². The molecule has 20 heavy (non-hydrogen) atoms. The topological polar surface area (TPSA) is 75.9 Å². The second-order valence-corrected chi connectivity index (χ2v) is 6.44. The zero-order valence-electron chi connectivity index (χ0n) is 13.2. The Bertz CT molecular complexity index is 355. The lowest BCUT2D eigenvalue weighted by atomic mass is 10.0. The molecule has 1 saturated heterocycles. The fourth-order valence-electron chi connectivity index (χ4n) is 2.26. The fourth-order valence-corrected chi connectivity index (χ4v) is 2.26. The normalized spacial score (nSPS) is 18.6. The molecule has 0 aromatic heterocycles. The van der Waals surface area contributed by atoms with Crippen molar-refractivity contribution < 1.29 is 14.3 Å². The SMILES string of the molecule is C[C@H](N)C(=O)N(C)C1CCN(C(=O)OC(C)(C)C)CC1. The quantitative estimate of drug-likeness (QED) is 0.827. The number of nitrogens with zero attached hydrogens (tertiary/aromatic N) is 2. The standard InChI is InChI=1S/C14H27N3O3/c1-10(15)12(18)16(5)11-6-8-17(9-7-11)13(19)20-14(2,3)4/h10-11H,6-9,15H2,1-5H3/t10-/m0/s1. The van der Waals surface area contributed by atoms with Gasteiger partial charge in [0.2, 0.25) is 5.91 Å². The van der Waals surface area contributed by atoms with Crippen LogP contribution in [0.1, 0.15) is 40.5 Å². The average Bonchev–Trinajstić information content (AvgIpc) is 2.35. The molecule has 1 aliphatic rings. The number of piperidine rings is 1. The Hall–Kier alpha value is -1.30. The first-order valence-electron chi connectivity index (χ1n) is 7.12. The summed E-state index contributed by atoms with van der Waals surface area (Å²) in [7, 11) is 1.78. The van der Waals surface area contributed by atoms with Crippen molar-refractivity contribution in [2.24, 2.45) is 5.73 Å². The van der Waals surface area contributed by atoms with Gasteiger partial charge in [0.1, 0.15) is 5.60 Å². The monoisotopic (exact) mass is 285 g/mol. The van der Waals surface area contributed by atoms with Crippen LogP contribution in [0.15, 0.2) is 0 Å². The minimum Gasteiger partial charge on any atom is -0.444 e. The first kappa shape index (κ1) is 16.8. The smallest absolute Gasteiger partial charge is 0.410 e. The minimum atomic E-state index is -0.483. The van der Waals surface area contributed by atoms with E-state index in [2.05, 4.69) is 0 Å². The Balaban J connectivity index is 2.48. The number of ether oxygens (including phenoxy) is 1. The Morgan fingerprint density at radius 3 is 2.20 bits per heavy atom. The maximum atomic E-state index is 11.9. The van der Waals surface area contributed by atoms with Crippen LogP contribution in [0.3, 0.4) is 0 Å². The molecule has 1 heterocycles. The van der Waals surface area contributed by atoms with Gasteiger partial charge >= 0.3 is 6.09 Å². The number of carbonyl (C=O) groups excluding carboxylic acids is 2. The molecule has 0 spiro atoms. The molecule has 0 saturated carbocycles. The van der Waals surface area contributed by atoms with Crippen LogP contribution < -0.4 is 5.73 Å². The van der Waals surface area contributed by atoms with Crippen molar-refractivity contribution in [3.8, 4) is 0 Å². The van der Waals surface area contributed by atoms with E-state index in [-0.39, 0.29) is 18.0 Å². The van der Waals surface area contributed by atoms with Gasteiger partial charge in [0.05, 0.1) is 6.04 Å². The van der Waals surface area contributed by atoms with Gasteiger partial charge in [0.25, 0.3) is 0 Å². The molecule has 0 bridgehead atoms. The number of amides is 2. The van der Waals surface area contributed by atoms with Crippen LogP contribution in [-0.4, -0.2) is 59.6 Å². The Labute approximate surface area is 121 Å². The number of likely N-dealkylation sites (N-methyl/N-ethyl adjacent to an activating group) is 1. The third kappa shape index (κ3) is 4.67. The molecule has 1 rings (SSSR count). The molecule has 6 nitrogen and oxygen atoms in total. The largest absolute Gasteiger partial charge is 0.444 e. The van der Waals surface area contributed by atoms with E-state index in [9.17, 15) is 9.59 Å². The van der Waals surface area contributed by atoms with Gasteiger partial charge in [-0.3, -0.25) is 4.79 Å². The van der Waals surface area contributed by atoms with Crippen LogP contribution in [0.4, 0.5) is 4.79 Å². The highest BCUT2D eigenvalue weighted by atomic mass is 16.6. The lowest BCUT2D eigenvalue weighted by molar-refractivity contribution is -0.133. The van der Waals surface area contributed by atoms with Crippen molar-refractivity contribution >= 4 is 12.0 Å². The van der Waals surface area contributed by atoms with Gasteiger partial charge < -0.3 is 20.3 Å². The predicted octanol–water partition coefficient (Wildman–Crippen LogP) is 1.19. The molecule has 116 valence electrons. The summed E-state index contributed by atoms with van der Waals surface area (Å²) < 4.78 is 5.35. The highest BCUT2D eigenvalue weighted by molar-refractivity contribution is 5.81.